The van der Waals surface area contributed by atoms with Crippen LogP contribution >= 0.6 is 12.2 Å². The molecular weight excluding hydrogens is 426 g/mol. The van der Waals surface area contributed by atoms with Gasteiger partial charge in [-0.05, 0) is 67.2 Å². The van der Waals surface area contributed by atoms with Crippen LogP contribution in [-0.2, 0) is 0 Å². The van der Waals surface area contributed by atoms with E-state index in [1.165, 1.54) is 0 Å². The van der Waals surface area contributed by atoms with Crippen LogP contribution in [0.25, 0.3) is 16.7 Å². The fourth-order valence-corrected chi connectivity index (χ4v) is 3.60. The summed E-state index contributed by atoms with van der Waals surface area (Å²) in [6.45, 7) is 2.89. The minimum atomic E-state index is -0.340. The first-order valence-electron chi connectivity index (χ1n) is 10.0. The molecule has 8 nitrogen and oxygen atoms in total. The molecule has 160 valence electrons. The van der Waals surface area contributed by atoms with Gasteiger partial charge in [-0.15, -0.1) is 10.2 Å². The molecule has 1 aliphatic rings. The van der Waals surface area contributed by atoms with Crippen molar-refractivity contribution in [3.63, 3.8) is 0 Å². The molecule has 0 spiro atoms. The number of hydrogen-bond acceptors (Lipinski definition) is 6. The van der Waals surface area contributed by atoms with Gasteiger partial charge in [-0.2, -0.15) is 4.80 Å². The van der Waals surface area contributed by atoms with E-state index in [4.69, 9.17) is 21.7 Å². The number of anilines is 1. The Kier molecular flexibility index (Phi) is 5.16. The summed E-state index contributed by atoms with van der Waals surface area (Å²) in [4.78, 5) is 14.2. The molecule has 4 aromatic rings. The molecular formula is C23H19N5O3S. The fourth-order valence-electron chi connectivity index (χ4n) is 3.39. The van der Waals surface area contributed by atoms with Crippen molar-refractivity contribution in [1.29, 1.82) is 0 Å². The highest BCUT2D eigenvalue weighted by atomic mass is 32.1. The topological polar surface area (TPSA) is 90.3 Å². The van der Waals surface area contributed by atoms with E-state index >= 15 is 0 Å². The van der Waals surface area contributed by atoms with Crippen molar-refractivity contribution in [2.45, 2.75) is 6.92 Å². The van der Waals surface area contributed by atoms with Gasteiger partial charge >= 0.3 is 0 Å². The van der Waals surface area contributed by atoms with Crippen molar-refractivity contribution in [1.82, 2.24) is 20.3 Å². The SMILES string of the molecule is Cc1cc2nn(-c3ccccc3)nc2cc1NC(=S)NC(=O)c1ccc2c(c1)OCCO2. The van der Waals surface area contributed by atoms with E-state index in [1.807, 2.05) is 49.4 Å². The average molecular weight is 446 g/mol. The van der Waals surface area contributed by atoms with Crippen molar-refractivity contribution in [3.05, 3.63) is 71.8 Å². The second-order valence-corrected chi connectivity index (χ2v) is 7.66. The van der Waals surface area contributed by atoms with Crippen molar-refractivity contribution in [2.75, 3.05) is 18.5 Å². The number of amides is 1. The zero-order valence-corrected chi connectivity index (χ0v) is 18.0. The lowest BCUT2D eigenvalue weighted by Crippen LogP contribution is -2.34. The lowest BCUT2D eigenvalue weighted by Gasteiger charge is -2.18. The standard InChI is InChI=1S/C23H19N5O3S/c1-14-11-18-19(27-28(26-18)16-5-3-2-4-6-16)13-17(14)24-23(32)25-22(29)15-7-8-20-21(12-15)31-10-9-30-20/h2-8,11-13H,9-10H2,1H3,(H2,24,25,29,32). The normalized spacial score (nSPS) is 12.4. The summed E-state index contributed by atoms with van der Waals surface area (Å²) in [6.07, 6.45) is 0. The van der Waals surface area contributed by atoms with Crippen LogP contribution in [0, 0.1) is 6.92 Å². The number of aryl methyl sites for hydroxylation is 1. The minimum absolute atomic E-state index is 0.183. The van der Waals surface area contributed by atoms with E-state index < -0.39 is 0 Å². The number of aromatic nitrogens is 3. The van der Waals surface area contributed by atoms with Crippen LogP contribution in [0.4, 0.5) is 5.69 Å². The summed E-state index contributed by atoms with van der Waals surface area (Å²) in [7, 11) is 0. The van der Waals surface area contributed by atoms with E-state index in [-0.39, 0.29) is 11.0 Å². The van der Waals surface area contributed by atoms with E-state index in [0.29, 0.717) is 35.8 Å². The summed E-state index contributed by atoms with van der Waals surface area (Å²) in [5.74, 6) is 0.833. The Morgan fingerprint density at radius 2 is 1.69 bits per heavy atom. The van der Waals surface area contributed by atoms with Gasteiger partial charge in [0.2, 0.25) is 0 Å². The van der Waals surface area contributed by atoms with Crippen molar-refractivity contribution >= 4 is 40.0 Å². The molecule has 0 saturated carbocycles. The highest BCUT2D eigenvalue weighted by molar-refractivity contribution is 7.80. The van der Waals surface area contributed by atoms with Crippen molar-refractivity contribution < 1.29 is 14.3 Å². The number of carbonyl (C=O) groups excluding carboxylic acids is 1. The molecule has 5 rings (SSSR count). The Morgan fingerprint density at radius 3 is 2.47 bits per heavy atom. The molecule has 0 saturated heterocycles. The summed E-state index contributed by atoms with van der Waals surface area (Å²) in [6, 6.07) is 18.5. The fraction of sp³-hybridized carbons (Fsp3) is 0.130. The van der Waals surface area contributed by atoms with Crippen LogP contribution < -0.4 is 20.1 Å². The number of nitrogens with one attached hydrogen (secondary N) is 2. The van der Waals surface area contributed by atoms with Gasteiger partial charge in [-0.25, -0.2) is 0 Å². The molecule has 0 fully saturated rings. The smallest absolute Gasteiger partial charge is 0.257 e. The molecule has 1 aliphatic heterocycles. The number of ether oxygens (including phenoxy) is 2. The van der Waals surface area contributed by atoms with Gasteiger partial charge in [0.05, 0.1) is 5.69 Å². The van der Waals surface area contributed by atoms with E-state index in [1.54, 1.807) is 23.0 Å². The largest absolute Gasteiger partial charge is 0.486 e. The van der Waals surface area contributed by atoms with E-state index in [0.717, 1.165) is 22.5 Å². The Bertz CT molecular complexity index is 1340. The Balaban J connectivity index is 1.32. The summed E-state index contributed by atoms with van der Waals surface area (Å²) in [5, 5.41) is 15.1. The molecule has 0 bridgehead atoms. The van der Waals surface area contributed by atoms with Crippen molar-refractivity contribution in [3.8, 4) is 17.2 Å². The molecule has 3 aromatic carbocycles. The van der Waals surface area contributed by atoms with E-state index in [9.17, 15) is 4.79 Å². The predicted molar refractivity (Wildman–Crippen MR) is 125 cm³/mol. The number of benzene rings is 3. The molecule has 0 unspecified atom stereocenters. The third kappa shape index (κ3) is 3.97. The zero-order valence-electron chi connectivity index (χ0n) is 17.2. The number of hydrogen-bond donors (Lipinski definition) is 2. The maximum absolute atomic E-state index is 12.6. The number of fused-ring (bicyclic) bond motifs is 2. The number of carbonyl (C=O) groups is 1. The maximum Gasteiger partial charge on any atom is 0.257 e. The third-order valence-corrected chi connectivity index (χ3v) is 5.20. The van der Waals surface area contributed by atoms with Crippen LogP contribution in [0.3, 0.4) is 0 Å². The zero-order chi connectivity index (χ0) is 22.1. The summed E-state index contributed by atoms with van der Waals surface area (Å²) >= 11 is 5.36. The van der Waals surface area contributed by atoms with Crippen LogP contribution in [0.15, 0.2) is 60.7 Å². The first-order chi connectivity index (χ1) is 15.6. The van der Waals surface area contributed by atoms with Crippen LogP contribution in [0.5, 0.6) is 11.5 Å². The maximum atomic E-state index is 12.6. The summed E-state index contributed by atoms with van der Waals surface area (Å²) in [5.41, 5.74) is 4.44. The van der Waals surface area contributed by atoms with Gasteiger partial charge in [-0.1, -0.05) is 18.2 Å². The van der Waals surface area contributed by atoms with Gasteiger partial charge in [0.25, 0.3) is 5.91 Å². The highest BCUT2D eigenvalue weighted by Gasteiger charge is 2.16. The molecule has 2 N–H and O–H groups in total. The molecule has 1 aromatic heterocycles. The Morgan fingerprint density at radius 1 is 0.969 bits per heavy atom. The molecule has 1 amide bonds. The third-order valence-electron chi connectivity index (χ3n) is 4.99. The Hall–Kier alpha value is -3.98. The minimum Gasteiger partial charge on any atom is -0.486 e. The number of nitrogens with zero attached hydrogens (tertiary/aromatic N) is 3. The number of rotatable bonds is 3. The van der Waals surface area contributed by atoms with Crippen molar-refractivity contribution in [2.24, 2.45) is 0 Å². The van der Waals surface area contributed by atoms with Gasteiger partial charge in [-0.3, -0.25) is 10.1 Å². The molecule has 0 radical (unpaired) electrons. The molecule has 2 heterocycles. The predicted octanol–water partition coefficient (Wildman–Crippen LogP) is 3.63. The van der Waals surface area contributed by atoms with Crippen LogP contribution in [0.2, 0.25) is 0 Å². The number of thiocarbonyl (C=S) groups is 1. The molecule has 0 aliphatic carbocycles. The van der Waals surface area contributed by atoms with Gasteiger partial charge in [0, 0.05) is 11.3 Å². The number of para-hydroxylation sites is 1. The first kappa shape index (κ1) is 20.0. The Labute approximate surface area is 189 Å². The first-order valence-corrected chi connectivity index (χ1v) is 10.4. The monoisotopic (exact) mass is 445 g/mol. The molecule has 0 atom stereocenters. The summed E-state index contributed by atoms with van der Waals surface area (Å²) < 4.78 is 11.0. The lowest BCUT2D eigenvalue weighted by atomic mass is 10.1. The molecule has 9 heteroatoms. The quantitative estimate of drug-likeness (QED) is 0.466. The second-order valence-electron chi connectivity index (χ2n) is 7.25. The second kappa shape index (κ2) is 8.27. The molecule has 32 heavy (non-hydrogen) atoms. The van der Waals surface area contributed by atoms with Gasteiger partial charge in [0.15, 0.2) is 16.6 Å². The van der Waals surface area contributed by atoms with Crippen LogP contribution in [-0.4, -0.2) is 39.2 Å². The highest BCUT2D eigenvalue weighted by Crippen LogP contribution is 2.30. The van der Waals surface area contributed by atoms with Gasteiger partial charge < -0.3 is 14.8 Å². The van der Waals surface area contributed by atoms with E-state index in [2.05, 4.69) is 20.8 Å². The lowest BCUT2D eigenvalue weighted by molar-refractivity contribution is 0.0976. The van der Waals surface area contributed by atoms with Crippen LogP contribution in [0.1, 0.15) is 15.9 Å². The van der Waals surface area contributed by atoms with Gasteiger partial charge in [0.1, 0.15) is 24.2 Å². The average Bonchev–Trinajstić information content (AvgIpc) is 3.22.